The molecule has 3 aromatic carbocycles. The van der Waals surface area contributed by atoms with Crippen LogP contribution in [-0.4, -0.2) is 30.6 Å². The summed E-state index contributed by atoms with van der Waals surface area (Å²) in [5.74, 6) is 1.23. The van der Waals surface area contributed by atoms with Crippen LogP contribution in [0.3, 0.4) is 0 Å². The van der Waals surface area contributed by atoms with Crippen molar-refractivity contribution in [3.63, 3.8) is 0 Å². The van der Waals surface area contributed by atoms with Crippen molar-refractivity contribution in [2.75, 3.05) is 29.9 Å². The first-order valence-electron chi connectivity index (χ1n) is 10.5. The van der Waals surface area contributed by atoms with E-state index in [4.69, 9.17) is 9.15 Å². The lowest BCUT2D eigenvalue weighted by Crippen LogP contribution is -2.45. The van der Waals surface area contributed by atoms with Gasteiger partial charge in [-0.1, -0.05) is 30.3 Å². The summed E-state index contributed by atoms with van der Waals surface area (Å²) in [4.78, 5) is 19.5. The van der Waals surface area contributed by atoms with Crippen LogP contribution in [0.1, 0.15) is 27.4 Å². The van der Waals surface area contributed by atoms with E-state index in [9.17, 15) is 4.79 Å². The predicted molar refractivity (Wildman–Crippen MR) is 119 cm³/mol. The van der Waals surface area contributed by atoms with Crippen LogP contribution in [0.25, 0.3) is 11.1 Å². The second-order valence-corrected chi connectivity index (χ2v) is 8.07. The van der Waals surface area contributed by atoms with E-state index in [0.29, 0.717) is 35.4 Å². The first-order valence-corrected chi connectivity index (χ1v) is 10.5. The van der Waals surface area contributed by atoms with Gasteiger partial charge in [-0.15, -0.1) is 0 Å². The predicted octanol–water partition coefficient (Wildman–Crippen LogP) is 4.62. The maximum absolute atomic E-state index is 12.7. The molecule has 0 radical (unpaired) electrons. The SMILES string of the molecule is O=C(Nc1ccc2oc(N3CC(c4ccccc4)C3)nc2c1)c1ccc2c(c1)CCO2. The third kappa shape index (κ3) is 3.30. The highest BCUT2D eigenvalue weighted by atomic mass is 16.5. The molecule has 0 atom stereocenters. The maximum Gasteiger partial charge on any atom is 0.298 e. The molecule has 2 aliphatic rings. The van der Waals surface area contributed by atoms with Crippen LogP contribution in [0.5, 0.6) is 5.75 Å². The van der Waals surface area contributed by atoms with E-state index in [0.717, 1.165) is 36.3 Å². The van der Waals surface area contributed by atoms with Gasteiger partial charge in [0.2, 0.25) is 0 Å². The Kier molecular flexibility index (Phi) is 4.16. The molecule has 2 aliphatic heterocycles. The molecule has 6 nitrogen and oxygen atoms in total. The Morgan fingerprint density at radius 3 is 2.77 bits per heavy atom. The molecule has 0 unspecified atom stereocenters. The topological polar surface area (TPSA) is 67.6 Å². The summed E-state index contributed by atoms with van der Waals surface area (Å²) in [6.07, 6.45) is 0.839. The van der Waals surface area contributed by atoms with Gasteiger partial charge in [-0.3, -0.25) is 4.79 Å². The molecule has 6 rings (SSSR count). The first-order chi connectivity index (χ1) is 15.2. The van der Waals surface area contributed by atoms with E-state index in [1.165, 1.54) is 5.56 Å². The van der Waals surface area contributed by atoms with Crippen molar-refractivity contribution in [3.05, 3.63) is 83.4 Å². The zero-order chi connectivity index (χ0) is 20.8. The number of hydrogen-bond acceptors (Lipinski definition) is 5. The number of ether oxygens (including phenoxy) is 1. The highest BCUT2D eigenvalue weighted by molar-refractivity contribution is 6.05. The van der Waals surface area contributed by atoms with E-state index < -0.39 is 0 Å². The summed E-state index contributed by atoms with van der Waals surface area (Å²) >= 11 is 0. The number of nitrogens with zero attached hydrogens (tertiary/aromatic N) is 2. The zero-order valence-electron chi connectivity index (χ0n) is 16.9. The van der Waals surface area contributed by atoms with Crippen LogP contribution in [0.4, 0.5) is 11.7 Å². The molecule has 154 valence electrons. The zero-order valence-corrected chi connectivity index (χ0v) is 16.9. The van der Waals surface area contributed by atoms with Crippen molar-refractivity contribution in [2.24, 2.45) is 0 Å². The van der Waals surface area contributed by atoms with Crippen LogP contribution in [0.2, 0.25) is 0 Å². The molecular formula is C25H21N3O3. The van der Waals surface area contributed by atoms with Gasteiger partial charge in [0.25, 0.3) is 11.9 Å². The van der Waals surface area contributed by atoms with Crippen molar-refractivity contribution in [2.45, 2.75) is 12.3 Å². The number of fused-ring (bicyclic) bond motifs is 2. The Morgan fingerprint density at radius 1 is 1.03 bits per heavy atom. The van der Waals surface area contributed by atoms with Gasteiger partial charge in [-0.05, 0) is 47.5 Å². The molecule has 31 heavy (non-hydrogen) atoms. The number of benzene rings is 3. The van der Waals surface area contributed by atoms with Gasteiger partial charge >= 0.3 is 0 Å². The summed E-state index contributed by atoms with van der Waals surface area (Å²) in [5.41, 5.74) is 5.19. The highest BCUT2D eigenvalue weighted by Gasteiger charge is 2.31. The van der Waals surface area contributed by atoms with Crippen molar-refractivity contribution >= 4 is 28.7 Å². The lowest BCUT2D eigenvalue weighted by molar-refractivity contribution is 0.102. The van der Waals surface area contributed by atoms with E-state index in [1.807, 2.05) is 36.4 Å². The average molecular weight is 411 g/mol. The first kappa shape index (κ1) is 18.0. The fourth-order valence-electron chi connectivity index (χ4n) is 4.23. The lowest BCUT2D eigenvalue weighted by atomic mass is 9.92. The van der Waals surface area contributed by atoms with E-state index in [-0.39, 0.29) is 5.91 Å². The number of nitrogens with one attached hydrogen (secondary N) is 1. The number of hydrogen-bond donors (Lipinski definition) is 1. The number of amides is 1. The summed E-state index contributed by atoms with van der Waals surface area (Å²) < 4.78 is 11.5. The van der Waals surface area contributed by atoms with Crippen LogP contribution < -0.4 is 15.0 Å². The summed E-state index contributed by atoms with van der Waals surface area (Å²) in [6, 6.07) is 22.2. The molecule has 3 heterocycles. The fraction of sp³-hybridized carbons (Fsp3) is 0.200. The van der Waals surface area contributed by atoms with Gasteiger partial charge in [-0.25, -0.2) is 0 Å². The van der Waals surface area contributed by atoms with Crippen molar-refractivity contribution < 1.29 is 13.9 Å². The minimum Gasteiger partial charge on any atom is -0.493 e. The van der Waals surface area contributed by atoms with Crippen LogP contribution in [0.15, 0.2) is 71.1 Å². The van der Waals surface area contributed by atoms with Gasteiger partial charge in [0, 0.05) is 36.7 Å². The minimum absolute atomic E-state index is 0.147. The Balaban J connectivity index is 1.16. The van der Waals surface area contributed by atoms with Gasteiger partial charge in [0.05, 0.1) is 6.61 Å². The molecule has 0 saturated carbocycles. The molecule has 0 aliphatic carbocycles. The Hall–Kier alpha value is -3.80. The molecule has 4 aromatic rings. The van der Waals surface area contributed by atoms with E-state index in [2.05, 4.69) is 39.5 Å². The Bertz CT molecular complexity index is 1280. The van der Waals surface area contributed by atoms with Gasteiger partial charge < -0.3 is 19.4 Å². The van der Waals surface area contributed by atoms with E-state index >= 15 is 0 Å². The lowest BCUT2D eigenvalue weighted by Gasteiger charge is -2.38. The normalized spacial score (nSPS) is 15.4. The van der Waals surface area contributed by atoms with Crippen molar-refractivity contribution in [1.29, 1.82) is 0 Å². The van der Waals surface area contributed by atoms with Crippen molar-refractivity contribution in [1.82, 2.24) is 4.98 Å². The molecule has 1 aromatic heterocycles. The van der Waals surface area contributed by atoms with E-state index in [1.54, 1.807) is 6.07 Å². The minimum atomic E-state index is -0.147. The fourth-order valence-corrected chi connectivity index (χ4v) is 4.23. The van der Waals surface area contributed by atoms with Crippen LogP contribution in [0, 0.1) is 0 Å². The van der Waals surface area contributed by atoms with Crippen molar-refractivity contribution in [3.8, 4) is 5.75 Å². The molecule has 6 heteroatoms. The smallest absolute Gasteiger partial charge is 0.298 e. The van der Waals surface area contributed by atoms with Gasteiger partial charge in [0.15, 0.2) is 5.58 Å². The standard InChI is InChI=1S/C25H21N3O3/c29-24(18-6-8-22-17(12-18)10-11-30-22)26-20-7-9-23-21(13-20)27-25(31-23)28-14-19(15-28)16-4-2-1-3-5-16/h1-9,12-13,19H,10-11,14-15H2,(H,26,29). The number of rotatable bonds is 4. The molecule has 1 fully saturated rings. The molecule has 1 N–H and O–H groups in total. The second-order valence-electron chi connectivity index (χ2n) is 8.07. The highest BCUT2D eigenvalue weighted by Crippen LogP contribution is 2.33. The summed E-state index contributed by atoms with van der Waals surface area (Å²) in [6.45, 7) is 2.46. The van der Waals surface area contributed by atoms with Crippen LogP contribution in [-0.2, 0) is 6.42 Å². The number of oxazole rings is 1. The molecule has 0 spiro atoms. The molecule has 1 amide bonds. The van der Waals surface area contributed by atoms with Gasteiger partial charge in [-0.2, -0.15) is 4.98 Å². The summed E-state index contributed by atoms with van der Waals surface area (Å²) in [5, 5.41) is 2.96. The summed E-state index contributed by atoms with van der Waals surface area (Å²) in [7, 11) is 0. The van der Waals surface area contributed by atoms with Crippen LogP contribution >= 0.6 is 0 Å². The number of carbonyl (C=O) groups excluding carboxylic acids is 1. The molecular weight excluding hydrogens is 390 g/mol. The monoisotopic (exact) mass is 411 g/mol. The Morgan fingerprint density at radius 2 is 1.90 bits per heavy atom. The third-order valence-corrected chi connectivity index (χ3v) is 6.01. The maximum atomic E-state index is 12.7. The number of carbonyl (C=O) groups is 1. The third-order valence-electron chi connectivity index (χ3n) is 6.01. The molecule has 1 saturated heterocycles. The Labute approximate surface area is 179 Å². The average Bonchev–Trinajstić information content (AvgIpc) is 3.39. The number of anilines is 2. The largest absolute Gasteiger partial charge is 0.493 e. The quantitative estimate of drug-likeness (QED) is 0.531. The van der Waals surface area contributed by atoms with Gasteiger partial charge in [0.1, 0.15) is 11.3 Å². The molecule has 0 bridgehead atoms. The number of aromatic nitrogens is 1. The second kappa shape index (κ2) is 7.16.